The maximum absolute atomic E-state index is 13.1. The quantitative estimate of drug-likeness (QED) is 0.840. The second-order valence-corrected chi connectivity index (χ2v) is 7.01. The number of alkyl halides is 3. The topological polar surface area (TPSA) is 41.6 Å². The van der Waals surface area contributed by atoms with Crippen molar-refractivity contribution in [3.8, 4) is 0 Å². The minimum Gasteiger partial charge on any atom is -0.444 e. The predicted octanol–water partition coefficient (Wildman–Crippen LogP) is 3.90. The molecule has 2 rings (SSSR count). The van der Waals surface area contributed by atoms with E-state index in [0.717, 1.165) is 6.07 Å². The molecule has 0 spiro atoms. The molecule has 1 aromatic rings. The maximum Gasteiger partial charge on any atom is 0.416 e. The first-order valence-electron chi connectivity index (χ1n) is 7.86. The van der Waals surface area contributed by atoms with Crippen LogP contribution in [0.3, 0.4) is 0 Å². The van der Waals surface area contributed by atoms with Crippen LogP contribution in [0.4, 0.5) is 18.0 Å². The molecule has 1 amide bonds. The first-order valence-corrected chi connectivity index (χ1v) is 7.86. The highest BCUT2D eigenvalue weighted by Gasteiger charge is 2.34. The fourth-order valence-electron chi connectivity index (χ4n) is 2.63. The molecule has 0 aromatic heterocycles. The molecule has 7 heteroatoms. The highest BCUT2D eigenvalue weighted by atomic mass is 19.4. The van der Waals surface area contributed by atoms with E-state index in [2.05, 4.69) is 5.32 Å². The molecule has 1 aliphatic heterocycles. The number of amides is 1. The minimum absolute atomic E-state index is 0.186. The summed E-state index contributed by atoms with van der Waals surface area (Å²) in [6.45, 7) is 8.01. The number of aryl methyl sites for hydroxylation is 1. The van der Waals surface area contributed by atoms with E-state index in [0.29, 0.717) is 18.7 Å². The fraction of sp³-hybridized carbons (Fsp3) is 0.588. The molecular formula is C17H23F3N2O2. The van der Waals surface area contributed by atoms with Gasteiger partial charge in [0, 0.05) is 19.6 Å². The largest absolute Gasteiger partial charge is 0.444 e. The minimum atomic E-state index is -4.39. The van der Waals surface area contributed by atoms with E-state index < -0.39 is 23.4 Å². The number of nitrogens with one attached hydrogen (secondary N) is 1. The summed E-state index contributed by atoms with van der Waals surface area (Å²) in [7, 11) is 0. The van der Waals surface area contributed by atoms with Gasteiger partial charge in [0.25, 0.3) is 0 Å². The van der Waals surface area contributed by atoms with E-state index in [4.69, 9.17) is 4.74 Å². The summed E-state index contributed by atoms with van der Waals surface area (Å²) >= 11 is 0. The summed E-state index contributed by atoms with van der Waals surface area (Å²) in [5, 5.41) is 3.16. The van der Waals surface area contributed by atoms with Crippen LogP contribution in [0.2, 0.25) is 0 Å². The zero-order valence-electron chi connectivity index (χ0n) is 14.3. The second-order valence-electron chi connectivity index (χ2n) is 7.01. The Labute approximate surface area is 140 Å². The smallest absolute Gasteiger partial charge is 0.416 e. The molecule has 1 fully saturated rings. The number of hydrogen-bond donors (Lipinski definition) is 1. The molecule has 1 heterocycles. The third-order valence-corrected chi connectivity index (χ3v) is 3.80. The second kappa shape index (κ2) is 6.63. The van der Waals surface area contributed by atoms with Gasteiger partial charge in [0.15, 0.2) is 0 Å². The average Bonchev–Trinajstić information content (AvgIpc) is 2.45. The van der Waals surface area contributed by atoms with Gasteiger partial charge < -0.3 is 15.0 Å². The fourth-order valence-corrected chi connectivity index (χ4v) is 2.63. The van der Waals surface area contributed by atoms with Crippen LogP contribution in [0.1, 0.15) is 43.5 Å². The lowest BCUT2D eigenvalue weighted by Gasteiger charge is -2.35. The Balaban J connectivity index is 2.17. The zero-order valence-corrected chi connectivity index (χ0v) is 14.3. The van der Waals surface area contributed by atoms with Crippen molar-refractivity contribution < 1.29 is 22.7 Å². The molecule has 1 aliphatic rings. The number of hydrogen-bond acceptors (Lipinski definition) is 3. The monoisotopic (exact) mass is 344 g/mol. The SMILES string of the molecule is Cc1ccc(C2CN(C(=O)OC(C)(C)C)CCN2)cc1C(F)(F)F. The van der Waals surface area contributed by atoms with Gasteiger partial charge in [-0.1, -0.05) is 12.1 Å². The van der Waals surface area contributed by atoms with Crippen LogP contribution in [0.15, 0.2) is 18.2 Å². The predicted molar refractivity (Wildman–Crippen MR) is 84.7 cm³/mol. The molecule has 1 aromatic carbocycles. The van der Waals surface area contributed by atoms with E-state index in [9.17, 15) is 18.0 Å². The lowest BCUT2D eigenvalue weighted by atomic mass is 9.98. The Kier molecular flexibility index (Phi) is 5.13. The molecule has 1 N–H and O–H groups in total. The van der Waals surface area contributed by atoms with Crippen molar-refractivity contribution in [3.05, 3.63) is 34.9 Å². The van der Waals surface area contributed by atoms with Crippen LogP contribution >= 0.6 is 0 Å². The maximum atomic E-state index is 13.1. The summed E-state index contributed by atoms with van der Waals surface area (Å²) in [5.41, 5.74) is -0.548. The van der Waals surface area contributed by atoms with Gasteiger partial charge in [0.05, 0.1) is 11.6 Å². The third kappa shape index (κ3) is 4.63. The highest BCUT2D eigenvalue weighted by Crippen LogP contribution is 2.34. The summed E-state index contributed by atoms with van der Waals surface area (Å²) in [6.07, 6.45) is -4.84. The van der Waals surface area contributed by atoms with Gasteiger partial charge in [-0.3, -0.25) is 0 Å². The Bertz CT molecular complexity index is 609. The number of halogens is 3. The third-order valence-electron chi connectivity index (χ3n) is 3.80. The first kappa shape index (κ1) is 18.6. The zero-order chi connectivity index (χ0) is 18.1. The molecule has 0 bridgehead atoms. The number of carbonyl (C=O) groups is 1. The molecule has 0 aliphatic carbocycles. The number of piperazine rings is 1. The number of benzene rings is 1. The van der Waals surface area contributed by atoms with Crippen LogP contribution in [-0.4, -0.2) is 36.2 Å². The Morgan fingerprint density at radius 3 is 2.54 bits per heavy atom. The van der Waals surface area contributed by atoms with Crippen molar-refractivity contribution in [1.29, 1.82) is 0 Å². The van der Waals surface area contributed by atoms with Gasteiger partial charge in [-0.25, -0.2) is 4.79 Å². The number of rotatable bonds is 1. The molecule has 24 heavy (non-hydrogen) atoms. The summed E-state index contributed by atoms with van der Waals surface area (Å²) in [6, 6.07) is 3.94. The van der Waals surface area contributed by atoms with Gasteiger partial charge in [-0.05, 0) is 44.9 Å². The summed E-state index contributed by atoms with van der Waals surface area (Å²) < 4.78 is 44.6. The van der Waals surface area contributed by atoms with Crippen molar-refractivity contribution >= 4 is 6.09 Å². The molecule has 0 saturated carbocycles. The van der Waals surface area contributed by atoms with Crippen LogP contribution in [0.25, 0.3) is 0 Å². The van der Waals surface area contributed by atoms with E-state index in [-0.39, 0.29) is 18.2 Å². The van der Waals surface area contributed by atoms with Crippen molar-refractivity contribution in [2.24, 2.45) is 0 Å². The number of nitrogens with zero attached hydrogens (tertiary/aromatic N) is 1. The molecule has 4 nitrogen and oxygen atoms in total. The summed E-state index contributed by atoms with van der Waals surface area (Å²) in [4.78, 5) is 13.7. The first-order chi connectivity index (χ1) is 11.0. The Hall–Kier alpha value is -1.76. The lowest BCUT2D eigenvalue weighted by Crippen LogP contribution is -2.49. The molecule has 0 radical (unpaired) electrons. The number of carbonyl (C=O) groups excluding carboxylic acids is 1. The van der Waals surface area contributed by atoms with Crippen LogP contribution in [0, 0.1) is 6.92 Å². The van der Waals surface area contributed by atoms with Gasteiger partial charge in [-0.15, -0.1) is 0 Å². The van der Waals surface area contributed by atoms with Gasteiger partial charge >= 0.3 is 12.3 Å². The van der Waals surface area contributed by atoms with E-state index in [1.54, 1.807) is 26.8 Å². The summed E-state index contributed by atoms with van der Waals surface area (Å²) in [5.74, 6) is 0. The van der Waals surface area contributed by atoms with Crippen LogP contribution < -0.4 is 5.32 Å². The Morgan fingerprint density at radius 1 is 1.29 bits per heavy atom. The van der Waals surface area contributed by atoms with E-state index in [1.165, 1.54) is 17.9 Å². The highest BCUT2D eigenvalue weighted by molar-refractivity contribution is 5.68. The average molecular weight is 344 g/mol. The van der Waals surface area contributed by atoms with Gasteiger partial charge in [0.2, 0.25) is 0 Å². The lowest BCUT2D eigenvalue weighted by molar-refractivity contribution is -0.138. The van der Waals surface area contributed by atoms with Crippen molar-refractivity contribution in [3.63, 3.8) is 0 Å². The van der Waals surface area contributed by atoms with Crippen molar-refractivity contribution in [2.75, 3.05) is 19.6 Å². The molecule has 1 saturated heterocycles. The van der Waals surface area contributed by atoms with Gasteiger partial charge in [0.1, 0.15) is 5.60 Å². The van der Waals surface area contributed by atoms with Gasteiger partial charge in [-0.2, -0.15) is 13.2 Å². The molecule has 134 valence electrons. The molecule has 1 atom stereocenters. The van der Waals surface area contributed by atoms with Crippen LogP contribution in [0.5, 0.6) is 0 Å². The standard InChI is InChI=1S/C17H23F3N2O2/c1-11-5-6-12(9-13(11)17(18,19)20)14-10-22(8-7-21-14)15(23)24-16(2,3)4/h5-6,9,14,21H,7-8,10H2,1-4H3. The van der Waals surface area contributed by atoms with Crippen molar-refractivity contribution in [2.45, 2.75) is 45.5 Å². The molecule has 1 unspecified atom stereocenters. The van der Waals surface area contributed by atoms with E-state index >= 15 is 0 Å². The molecular weight excluding hydrogens is 321 g/mol. The number of ether oxygens (including phenoxy) is 1. The van der Waals surface area contributed by atoms with Crippen LogP contribution in [-0.2, 0) is 10.9 Å². The van der Waals surface area contributed by atoms with E-state index in [1.807, 2.05) is 0 Å². The normalized spacial score (nSPS) is 19.3. The van der Waals surface area contributed by atoms with Crippen molar-refractivity contribution in [1.82, 2.24) is 10.2 Å². The Morgan fingerprint density at radius 2 is 1.96 bits per heavy atom.